The van der Waals surface area contributed by atoms with Gasteiger partial charge in [-0.15, -0.1) is 0 Å². The fourth-order valence-corrected chi connectivity index (χ4v) is 1.85. The maximum Gasteiger partial charge on any atom is 0.307 e. The number of carbonyl (C=O) groups is 1. The molecule has 2 nitrogen and oxygen atoms in total. The Morgan fingerprint density at radius 1 is 1.57 bits per heavy atom. The molecule has 0 saturated heterocycles. The normalized spacial score (nSPS) is 10.3. The number of halogens is 2. The van der Waals surface area contributed by atoms with Crippen molar-refractivity contribution >= 4 is 21.9 Å². The van der Waals surface area contributed by atoms with E-state index >= 15 is 0 Å². The predicted octanol–water partition coefficient (Wildman–Crippen LogP) is 2.83. The van der Waals surface area contributed by atoms with Crippen molar-refractivity contribution < 1.29 is 14.3 Å². The molecule has 1 aromatic carbocycles. The first-order valence-electron chi connectivity index (χ1n) is 4.09. The fourth-order valence-electron chi connectivity index (χ4n) is 1.27. The van der Waals surface area contributed by atoms with Gasteiger partial charge in [0.25, 0.3) is 0 Å². The minimum absolute atomic E-state index is 0.254. The van der Waals surface area contributed by atoms with Crippen molar-refractivity contribution in [3.63, 3.8) is 0 Å². The van der Waals surface area contributed by atoms with Gasteiger partial charge in [0.1, 0.15) is 5.82 Å². The van der Waals surface area contributed by atoms with Crippen LogP contribution in [0.4, 0.5) is 4.39 Å². The van der Waals surface area contributed by atoms with E-state index in [0.717, 1.165) is 4.47 Å². The van der Waals surface area contributed by atoms with Gasteiger partial charge in [-0.05, 0) is 31.0 Å². The third-order valence-electron chi connectivity index (χ3n) is 2.09. The average molecular weight is 261 g/mol. The number of rotatable bonds is 2. The van der Waals surface area contributed by atoms with Crippen molar-refractivity contribution in [3.05, 3.63) is 33.0 Å². The second-order valence-corrected chi connectivity index (χ2v) is 4.02. The summed E-state index contributed by atoms with van der Waals surface area (Å²) in [5, 5.41) is 8.62. The number of hydrogen-bond acceptors (Lipinski definition) is 1. The second-order valence-electron chi connectivity index (χ2n) is 3.16. The molecule has 0 atom stereocenters. The summed E-state index contributed by atoms with van der Waals surface area (Å²) < 4.78 is 14.3. The van der Waals surface area contributed by atoms with Gasteiger partial charge in [-0.2, -0.15) is 0 Å². The van der Waals surface area contributed by atoms with E-state index in [1.807, 2.05) is 0 Å². The molecule has 14 heavy (non-hydrogen) atoms. The van der Waals surface area contributed by atoms with Crippen LogP contribution in [0.5, 0.6) is 0 Å². The zero-order valence-corrected chi connectivity index (χ0v) is 9.48. The Balaban J connectivity index is 3.31. The van der Waals surface area contributed by atoms with Crippen LogP contribution in [0.15, 0.2) is 10.5 Å². The summed E-state index contributed by atoms with van der Waals surface area (Å²) in [6, 6.07) is 1.65. The molecule has 0 heterocycles. The first-order valence-corrected chi connectivity index (χ1v) is 4.88. The molecule has 0 aliphatic rings. The van der Waals surface area contributed by atoms with Crippen LogP contribution >= 0.6 is 15.9 Å². The van der Waals surface area contributed by atoms with E-state index in [9.17, 15) is 9.18 Å². The van der Waals surface area contributed by atoms with Gasteiger partial charge in [0.05, 0.1) is 6.42 Å². The highest BCUT2D eigenvalue weighted by molar-refractivity contribution is 9.10. The van der Waals surface area contributed by atoms with Crippen LogP contribution in [0.2, 0.25) is 0 Å². The number of aryl methyl sites for hydroxylation is 1. The summed E-state index contributed by atoms with van der Waals surface area (Å²) in [4.78, 5) is 10.5. The van der Waals surface area contributed by atoms with E-state index in [1.165, 1.54) is 0 Å². The van der Waals surface area contributed by atoms with E-state index in [0.29, 0.717) is 11.1 Å². The van der Waals surface area contributed by atoms with Crippen LogP contribution in [0, 0.1) is 19.7 Å². The molecule has 0 saturated carbocycles. The SMILES string of the molecule is Cc1cc(Br)c(C)c(CC(=O)O)c1F. The first kappa shape index (κ1) is 11.2. The van der Waals surface area contributed by atoms with Gasteiger partial charge in [-0.1, -0.05) is 15.9 Å². The summed E-state index contributed by atoms with van der Waals surface area (Å²) in [6.07, 6.45) is -0.280. The van der Waals surface area contributed by atoms with Crippen molar-refractivity contribution in [2.75, 3.05) is 0 Å². The standard InChI is InChI=1S/C10H10BrFO2/c1-5-3-8(11)6(2)7(10(5)12)4-9(13)14/h3H,4H2,1-2H3,(H,13,14). The van der Waals surface area contributed by atoms with Crippen LogP contribution in [0.1, 0.15) is 16.7 Å². The fraction of sp³-hybridized carbons (Fsp3) is 0.300. The lowest BCUT2D eigenvalue weighted by molar-refractivity contribution is -0.136. The molecule has 0 radical (unpaired) electrons. The average Bonchev–Trinajstić information content (AvgIpc) is 2.09. The molecule has 0 aliphatic carbocycles. The van der Waals surface area contributed by atoms with Gasteiger partial charge < -0.3 is 5.11 Å². The molecule has 0 amide bonds. The zero-order chi connectivity index (χ0) is 10.9. The molecule has 1 N–H and O–H groups in total. The lowest BCUT2D eigenvalue weighted by atomic mass is 10.0. The molecule has 0 aromatic heterocycles. The second kappa shape index (κ2) is 4.09. The number of aliphatic carboxylic acids is 1. The largest absolute Gasteiger partial charge is 0.481 e. The molecular formula is C10H10BrFO2. The Kier molecular flexibility index (Phi) is 3.26. The molecular weight excluding hydrogens is 251 g/mol. The Morgan fingerprint density at radius 3 is 2.64 bits per heavy atom. The number of carboxylic acid groups (broad SMARTS) is 1. The highest BCUT2D eigenvalue weighted by Crippen LogP contribution is 2.25. The molecule has 1 aromatic rings. The molecule has 4 heteroatoms. The third-order valence-corrected chi connectivity index (χ3v) is 2.92. The minimum atomic E-state index is -1.02. The quantitative estimate of drug-likeness (QED) is 0.888. The maximum atomic E-state index is 13.5. The monoisotopic (exact) mass is 260 g/mol. The van der Waals surface area contributed by atoms with Crippen LogP contribution in [0.25, 0.3) is 0 Å². The highest BCUT2D eigenvalue weighted by Gasteiger charge is 2.14. The molecule has 0 unspecified atom stereocenters. The van der Waals surface area contributed by atoms with Crippen molar-refractivity contribution in [2.24, 2.45) is 0 Å². The van der Waals surface area contributed by atoms with E-state index in [1.54, 1.807) is 19.9 Å². The minimum Gasteiger partial charge on any atom is -0.481 e. The molecule has 0 spiro atoms. The van der Waals surface area contributed by atoms with Crippen molar-refractivity contribution in [1.29, 1.82) is 0 Å². The van der Waals surface area contributed by atoms with Gasteiger partial charge in [0.2, 0.25) is 0 Å². The number of hydrogen-bond donors (Lipinski definition) is 1. The molecule has 1 rings (SSSR count). The van der Waals surface area contributed by atoms with Gasteiger partial charge in [-0.3, -0.25) is 4.79 Å². The Labute approximate surface area is 89.9 Å². The van der Waals surface area contributed by atoms with Crippen LogP contribution in [0.3, 0.4) is 0 Å². The third kappa shape index (κ3) is 2.12. The molecule has 0 bridgehead atoms. The topological polar surface area (TPSA) is 37.3 Å². The summed E-state index contributed by atoms with van der Waals surface area (Å²) in [5.41, 5.74) is 1.36. The summed E-state index contributed by atoms with van der Waals surface area (Å²) in [6.45, 7) is 3.32. The maximum absolute atomic E-state index is 13.5. The smallest absolute Gasteiger partial charge is 0.307 e. The summed E-state index contributed by atoms with van der Waals surface area (Å²) in [7, 11) is 0. The Morgan fingerprint density at radius 2 is 2.14 bits per heavy atom. The van der Waals surface area contributed by atoms with Gasteiger partial charge in [0, 0.05) is 10.0 Å². The van der Waals surface area contributed by atoms with Gasteiger partial charge in [-0.25, -0.2) is 4.39 Å². The summed E-state index contributed by atoms with van der Waals surface area (Å²) in [5.74, 6) is -1.45. The van der Waals surface area contributed by atoms with Crippen LogP contribution in [-0.2, 0) is 11.2 Å². The van der Waals surface area contributed by atoms with E-state index in [-0.39, 0.29) is 12.0 Å². The van der Waals surface area contributed by atoms with Gasteiger partial charge >= 0.3 is 5.97 Å². The van der Waals surface area contributed by atoms with Crippen LogP contribution < -0.4 is 0 Å². The number of benzene rings is 1. The van der Waals surface area contributed by atoms with Crippen LogP contribution in [-0.4, -0.2) is 11.1 Å². The Bertz CT molecular complexity index is 362. The molecule has 0 aliphatic heterocycles. The van der Waals surface area contributed by atoms with E-state index in [2.05, 4.69) is 15.9 Å². The van der Waals surface area contributed by atoms with E-state index < -0.39 is 11.8 Å². The first-order chi connectivity index (χ1) is 6.43. The van der Waals surface area contributed by atoms with Crippen molar-refractivity contribution in [3.8, 4) is 0 Å². The molecule has 0 fully saturated rings. The summed E-state index contributed by atoms with van der Waals surface area (Å²) >= 11 is 3.26. The highest BCUT2D eigenvalue weighted by atomic mass is 79.9. The van der Waals surface area contributed by atoms with Crippen molar-refractivity contribution in [2.45, 2.75) is 20.3 Å². The lowest BCUT2D eigenvalue weighted by Crippen LogP contribution is -2.06. The Hall–Kier alpha value is -0.900. The zero-order valence-electron chi connectivity index (χ0n) is 7.90. The van der Waals surface area contributed by atoms with Gasteiger partial charge in [0.15, 0.2) is 0 Å². The predicted molar refractivity (Wildman–Crippen MR) is 54.9 cm³/mol. The lowest BCUT2D eigenvalue weighted by Gasteiger charge is -2.09. The molecule has 76 valence electrons. The van der Waals surface area contributed by atoms with Crippen molar-refractivity contribution in [1.82, 2.24) is 0 Å². The van der Waals surface area contributed by atoms with E-state index in [4.69, 9.17) is 5.11 Å². The number of carboxylic acids is 1.